The quantitative estimate of drug-likeness (QED) is 0.290. The molecule has 0 aromatic heterocycles. The minimum Gasteiger partial charge on any atom is -0.303 e. The average molecular weight is 161 g/mol. The molecule has 0 spiro atoms. The van der Waals surface area contributed by atoms with Gasteiger partial charge in [0.2, 0.25) is 0 Å². The molecular formula is C8H7N3O. The van der Waals surface area contributed by atoms with Crippen molar-refractivity contribution < 1.29 is 4.79 Å². The molecule has 0 aliphatic heterocycles. The number of aldehydes is 1. The van der Waals surface area contributed by atoms with Crippen LogP contribution in [0.4, 0.5) is 0 Å². The van der Waals surface area contributed by atoms with Crippen molar-refractivity contribution in [2.45, 2.75) is 6.04 Å². The zero-order chi connectivity index (χ0) is 8.81. The Hall–Kier alpha value is -1.80. The van der Waals surface area contributed by atoms with E-state index in [1.807, 2.05) is 6.07 Å². The van der Waals surface area contributed by atoms with Crippen LogP contribution in [0.3, 0.4) is 0 Å². The second kappa shape index (κ2) is 4.16. The molecule has 1 aromatic carbocycles. The van der Waals surface area contributed by atoms with E-state index in [0.717, 1.165) is 0 Å². The lowest BCUT2D eigenvalue weighted by molar-refractivity contribution is -0.108. The largest absolute Gasteiger partial charge is 0.303 e. The molecule has 0 heterocycles. The Morgan fingerprint density at radius 2 is 2.08 bits per heavy atom. The van der Waals surface area contributed by atoms with Gasteiger partial charge < -0.3 is 4.79 Å². The second-order valence-corrected chi connectivity index (χ2v) is 2.20. The van der Waals surface area contributed by atoms with Crippen LogP contribution >= 0.6 is 0 Å². The highest BCUT2D eigenvalue weighted by molar-refractivity contribution is 5.61. The Morgan fingerprint density at radius 3 is 2.58 bits per heavy atom. The molecule has 0 aliphatic rings. The highest BCUT2D eigenvalue weighted by Gasteiger charge is 2.05. The van der Waals surface area contributed by atoms with Crippen molar-refractivity contribution in [3.8, 4) is 0 Å². The Labute approximate surface area is 69.5 Å². The summed E-state index contributed by atoms with van der Waals surface area (Å²) >= 11 is 0. The van der Waals surface area contributed by atoms with Crippen LogP contribution in [0, 0.1) is 0 Å². The average Bonchev–Trinajstić information content (AvgIpc) is 2.15. The van der Waals surface area contributed by atoms with E-state index in [1.54, 1.807) is 24.3 Å². The van der Waals surface area contributed by atoms with Gasteiger partial charge in [0.25, 0.3) is 0 Å². The molecule has 1 unspecified atom stereocenters. The van der Waals surface area contributed by atoms with Crippen molar-refractivity contribution in [1.82, 2.24) is 0 Å². The topological polar surface area (TPSA) is 65.8 Å². The van der Waals surface area contributed by atoms with Gasteiger partial charge in [0, 0.05) is 4.91 Å². The number of carbonyl (C=O) groups excluding carboxylic acids is 1. The maximum absolute atomic E-state index is 10.4. The molecule has 4 nitrogen and oxygen atoms in total. The lowest BCUT2D eigenvalue weighted by Crippen LogP contribution is -1.94. The number of hydrogen-bond donors (Lipinski definition) is 0. The summed E-state index contributed by atoms with van der Waals surface area (Å²) in [5.74, 6) is 0. The predicted octanol–water partition coefficient (Wildman–Crippen LogP) is 2.24. The third kappa shape index (κ3) is 1.84. The molecule has 1 aromatic rings. The van der Waals surface area contributed by atoms with Gasteiger partial charge in [0.05, 0.1) is 0 Å². The fraction of sp³-hybridized carbons (Fsp3) is 0.125. The normalized spacial score (nSPS) is 11.3. The van der Waals surface area contributed by atoms with Gasteiger partial charge in [-0.25, -0.2) is 0 Å². The Bertz CT molecular complexity index is 303. The van der Waals surface area contributed by atoms with Crippen molar-refractivity contribution in [3.63, 3.8) is 0 Å². The fourth-order valence-electron chi connectivity index (χ4n) is 0.878. The third-order valence-corrected chi connectivity index (χ3v) is 1.45. The van der Waals surface area contributed by atoms with Crippen LogP contribution in [0.1, 0.15) is 11.6 Å². The van der Waals surface area contributed by atoms with Crippen molar-refractivity contribution in [2.75, 3.05) is 0 Å². The highest BCUT2D eigenvalue weighted by Crippen LogP contribution is 2.13. The van der Waals surface area contributed by atoms with E-state index in [9.17, 15) is 4.79 Å². The third-order valence-electron chi connectivity index (χ3n) is 1.45. The highest BCUT2D eigenvalue weighted by atomic mass is 16.1. The van der Waals surface area contributed by atoms with Crippen molar-refractivity contribution >= 4 is 6.29 Å². The van der Waals surface area contributed by atoms with Crippen LogP contribution in [0.15, 0.2) is 35.4 Å². The van der Waals surface area contributed by atoms with Crippen LogP contribution < -0.4 is 0 Å². The van der Waals surface area contributed by atoms with Crippen LogP contribution in [0.25, 0.3) is 10.4 Å². The minimum atomic E-state index is -0.698. The first-order chi connectivity index (χ1) is 5.88. The van der Waals surface area contributed by atoms with Crippen molar-refractivity contribution in [2.24, 2.45) is 5.11 Å². The molecule has 60 valence electrons. The Kier molecular flexibility index (Phi) is 2.87. The molecule has 0 amide bonds. The number of benzene rings is 1. The number of azide groups is 1. The molecule has 0 fully saturated rings. The molecule has 0 saturated carbocycles. The minimum absolute atomic E-state index is 0.620. The molecule has 4 heteroatoms. The molecule has 1 rings (SSSR count). The van der Waals surface area contributed by atoms with E-state index in [-0.39, 0.29) is 0 Å². The first kappa shape index (κ1) is 8.30. The summed E-state index contributed by atoms with van der Waals surface area (Å²) in [6.07, 6.45) is 0.620. The van der Waals surface area contributed by atoms with Crippen LogP contribution in [0.2, 0.25) is 0 Å². The number of hydrogen-bond acceptors (Lipinski definition) is 2. The smallest absolute Gasteiger partial charge is 0.133 e. The zero-order valence-corrected chi connectivity index (χ0v) is 6.29. The molecule has 0 aliphatic carbocycles. The summed E-state index contributed by atoms with van der Waals surface area (Å²) in [6.45, 7) is 0. The van der Waals surface area contributed by atoms with E-state index in [2.05, 4.69) is 10.0 Å². The lowest BCUT2D eigenvalue weighted by atomic mass is 10.1. The number of rotatable bonds is 3. The molecule has 0 saturated heterocycles. The Morgan fingerprint density at radius 1 is 1.42 bits per heavy atom. The number of nitrogens with zero attached hydrogens (tertiary/aromatic N) is 3. The van der Waals surface area contributed by atoms with Gasteiger partial charge in [0.15, 0.2) is 0 Å². The SMILES string of the molecule is [N-]=[N+]=NC(C=O)c1ccccc1. The van der Waals surface area contributed by atoms with Crippen LogP contribution in [-0.4, -0.2) is 6.29 Å². The maximum atomic E-state index is 10.4. The van der Waals surface area contributed by atoms with E-state index in [0.29, 0.717) is 11.8 Å². The summed E-state index contributed by atoms with van der Waals surface area (Å²) in [5.41, 5.74) is 8.84. The first-order valence-electron chi connectivity index (χ1n) is 3.43. The Balaban J connectivity index is 2.94. The molecule has 12 heavy (non-hydrogen) atoms. The van der Waals surface area contributed by atoms with E-state index in [1.165, 1.54) is 0 Å². The van der Waals surface area contributed by atoms with Gasteiger partial charge in [-0.1, -0.05) is 35.4 Å². The predicted molar refractivity (Wildman–Crippen MR) is 44.4 cm³/mol. The van der Waals surface area contributed by atoms with Gasteiger partial charge >= 0.3 is 0 Å². The van der Waals surface area contributed by atoms with Gasteiger partial charge in [0.1, 0.15) is 12.3 Å². The van der Waals surface area contributed by atoms with Gasteiger partial charge in [-0.3, -0.25) is 0 Å². The van der Waals surface area contributed by atoms with Gasteiger partial charge in [-0.15, -0.1) is 0 Å². The second-order valence-electron chi connectivity index (χ2n) is 2.20. The zero-order valence-electron chi connectivity index (χ0n) is 6.29. The first-order valence-corrected chi connectivity index (χ1v) is 3.43. The van der Waals surface area contributed by atoms with Crippen molar-refractivity contribution in [1.29, 1.82) is 0 Å². The van der Waals surface area contributed by atoms with E-state index < -0.39 is 6.04 Å². The molecule has 1 atom stereocenters. The fourth-order valence-corrected chi connectivity index (χ4v) is 0.878. The summed E-state index contributed by atoms with van der Waals surface area (Å²) in [6, 6.07) is 8.21. The van der Waals surface area contributed by atoms with Gasteiger partial charge in [-0.05, 0) is 11.1 Å². The standard InChI is InChI=1S/C8H7N3O/c9-11-10-8(6-12)7-4-2-1-3-5-7/h1-6,8H. The molecular weight excluding hydrogens is 154 g/mol. The van der Waals surface area contributed by atoms with Crippen molar-refractivity contribution in [3.05, 3.63) is 46.3 Å². The number of carbonyl (C=O) groups is 1. The summed E-state index contributed by atoms with van der Waals surface area (Å²) < 4.78 is 0. The lowest BCUT2D eigenvalue weighted by Gasteiger charge is -2.00. The van der Waals surface area contributed by atoms with E-state index >= 15 is 0 Å². The van der Waals surface area contributed by atoms with Gasteiger partial charge in [-0.2, -0.15) is 0 Å². The maximum Gasteiger partial charge on any atom is 0.133 e. The van der Waals surface area contributed by atoms with Crippen LogP contribution in [-0.2, 0) is 4.79 Å². The summed E-state index contributed by atoms with van der Waals surface area (Å²) in [7, 11) is 0. The van der Waals surface area contributed by atoms with E-state index in [4.69, 9.17) is 5.53 Å². The molecule has 0 N–H and O–H groups in total. The molecule has 0 bridgehead atoms. The summed E-state index contributed by atoms with van der Waals surface area (Å²) in [4.78, 5) is 13.0. The summed E-state index contributed by atoms with van der Waals surface area (Å²) in [5, 5.41) is 3.33. The van der Waals surface area contributed by atoms with Crippen LogP contribution in [0.5, 0.6) is 0 Å². The molecule has 0 radical (unpaired) electrons. The monoisotopic (exact) mass is 161 g/mol.